The Bertz CT molecular complexity index is 615. The van der Waals surface area contributed by atoms with Crippen LogP contribution in [0.25, 0.3) is 0 Å². The van der Waals surface area contributed by atoms with Gasteiger partial charge in [-0.05, 0) is 44.0 Å². The highest BCUT2D eigenvalue weighted by Crippen LogP contribution is 2.36. The van der Waals surface area contributed by atoms with E-state index in [1.54, 1.807) is 0 Å². The largest absolute Gasteiger partial charge is 0.417 e. The molecule has 1 aromatic carbocycles. The van der Waals surface area contributed by atoms with Gasteiger partial charge in [-0.2, -0.15) is 13.2 Å². The summed E-state index contributed by atoms with van der Waals surface area (Å²) in [6.45, 7) is 0. The summed E-state index contributed by atoms with van der Waals surface area (Å²) in [7, 11) is 0. The molecule has 7 heteroatoms. The van der Waals surface area contributed by atoms with Gasteiger partial charge in [0.2, 0.25) is 5.78 Å². The molecular formula is C12H5Br2F3OS. The lowest BCUT2D eigenvalue weighted by Gasteiger charge is -2.10. The molecule has 0 aliphatic rings. The van der Waals surface area contributed by atoms with E-state index >= 15 is 0 Å². The maximum atomic E-state index is 12.8. The van der Waals surface area contributed by atoms with Gasteiger partial charge in [-0.3, -0.25) is 4.79 Å². The van der Waals surface area contributed by atoms with Gasteiger partial charge >= 0.3 is 6.18 Å². The summed E-state index contributed by atoms with van der Waals surface area (Å²) >= 11 is 7.51. The minimum Gasteiger partial charge on any atom is -0.288 e. The van der Waals surface area contributed by atoms with Crippen LogP contribution in [0.3, 0.4) is 0 Å². The number of thiophene rings is 1. The van der Waals surface area contributed by atoms with Crippen molar-refractivity contribution in [3.8, 4) is 0 Å². The highest BCUT2D eigenvalue weighted by atomic mass is 79.9. The van der Waals surface area contributed by atoms with Gasteiger partial charge in [0, 0.05) is 10.0 Å². The van der Waals surface area contributed by atoms with Gasteiger partial charge in [-0.25, -0.2) is 0 Å². The summed E-state index contributed by atoms with van der Waals surface area (Å²) < 4.78 is 39.8. The summed E-state index contributed by atoms with van der Waals surface area (Å²) in [5.41, 5.74) is -1.25. The number of hydrogen-bond donors (Lipinski definition) is 0. The lowest BCUT2D eigenvalue weighted by molar-refractivity contribution is -0.137. The monoisotopic (exact) mass is 412 g/mol. The zero-order valence-electron chi connectivity index (χ0n) is 9.09. The quantitative estimate of drug-likeness (QED) is 0.592. The molecule has 0 radical (unpaired) electrons. The van der Waals surface area contributed by atoms with Gasteiger partial charge in [0.25, 0.3) is 0 Å². The molecule has 0 aliphatic heterocycles. The lowest BCUT2D eigenvalue weighted by atomic mass is 10.0. The SMILES string of the molecule is O=C(c1cc(Br)c(Br)s1)c1ccccc1C(F)(F)F. The van der Waals surface area contributed by atoms with E-state index in [1.807, 2.05) is 0 Å². The topological polar surface area (TPSA) is 17.1 Å². The zero-order valence-corrected chi connectivity index (χ0v) is 13.1. The number of alkyl halides is 3. The molecule has 2 rings (SSSR count). The second kappa shape index (κ2) is 5.38. The number of halogens is 5. The minimum absolute atomic E-state index is 0.246. The normalized spacial score (nSPS) is 11.6. The second-order valence-electron chi connectivity index (χ2n) is 3.60. The maximum Gasteiger partial charge on any atom is 0.417 e. The number of carbonyl (C=O) groups is 1. The Balaban J connectivity index is 2.51. The molecule has 0 unspecified atom stereocenters. The van der Waals surface area contributed by atoms with Crippen LogP contribution in [0.5, 0.6) is 0 Å². The third-order valence-electron chi connectivity index (χ3n) is 2.35. The molecule has 2 aromatic rings. The Morgan fingerprint density at radius 1 is 1.16 bits per heavy atom. The van der Waals surface area contributed by atoms with Crippen molar-refractivity contribution in [2.24, 2.45) is 0 Å². The number of hydrogen-bond acceptors (Lipinski definition) is 2. The van der Waals surface area contributed by atoms with Crippen LogP contribution in [0, 0.1) is 0 Å². The molecule has 0 N–H and O–H groups in total. The Labute approximate surface area is 127 Å². The molecule has 0 aliphatic carbocycles. The van der Waals surface area contributed by atoms with Crippen molar-refractivity contribution in [1.82, 2.24) is 0 Å². The third-order valence-corrected chi connectivity index (χ3v) is 5.60. The fourth-order valence-corrected chi connectivity index (χ4v) is 3.51. The molecule has 0 saturated heterocycles. The number of carbonyl (C=O) groups excluding carboxylic acids is 1. The Kier molecular flexibility index (Phi) is 4.17. The van der Waals surface area contributed by atoms with Crippen LogP contribution in [-0.4, -0.2) is 5.78 Å². The molecule has 1 heterocycles. The highest BCUT2D eigenvalue weighted by molar-refractivity contribution is 9.13. The van der Waals surface area contributed by atoms with Crippen LogP contribution < -0.4 is 0 Å². The van der Waals surface area contributed by atoms with Crippen molar-refractivity contribution < 1.29 is 18.0 Å². The molecule has 1 aromatic heterocycles. The van der Waals surface area contributed by atoms with Gasteiger partial charge in [0.05, 0.1) is 14.2 Å². The van der Waals surface area contributed by atoms with Crippen molar-refractivity contribution >= 4 is 49.0 Å². The van der Waals surface area contributed by atoms with Crippen LogP contribution in [-0.2, 0) is 6.18 Å². The molecule has 0 atom stereocenters. The predicted molar refractivity (Wildman–Crippen MR) is 74.6 cm³/mol. The molecule has 0 spiro atoms. The van der Waals surface area contributed by atoms with Crippen molar-refractivity contribution in [3.63, 3.8) is 0 Å². The second-order valence-corrected chi connectivity index (χ2v) is 6.83. The molecule has 1 nitrogen and oxygen atoms in total. The summed E-state index contributed by atoms with van der Waals surface area (Å²) in [4.78, 5) is 12.4. The first kappa shape index (κ1) is 14.7. The Morgan fingerprint density at radius 3 is 2.32 bits per heavy atom. The van der Waals surface area contributed by atoms with Gasteiger partial charge in [0.15, 0.2) is 0 Å². The highest BCUT2D eigenvalue weighted by Gasteiger charge is 2.35. The number of benzene rings is 1. The van der Waals surface area contributed by atoms with Crippen molar-refractivity contribution in [3.05, 3.63) is 54.6 Å². The first-order valence-corrected chi connectivity index (χ1v) is 7.36. The van der Waals surface area contributed by atoms with Crippen LogP contribution in [0.1, 0.15) is 20.8 Å². The van der Waals surface area contributed by atoms with E-state index < -0.39 is 17.5 Å². The average molecular weight is 414 g/mol. The van der Waals surface area contributed by atoms with E-state index in [0.717, 1.165) is 17.4 Å². The summed E-state index contributed by atoms with van der Waals surface area (Å²) in [6, 6.07) is 6.28. The van der Waals surface area contributed by atoms with Crippen molar-refractivity contribution in [2.75, 3.05) is 0 Å². The van der Waals surface area contributed by atoms with Crippen molar-refractivity contribution in [1.29, 1.82) is 0 Å². The van der Waals surface area contributed by atoms with E-state index in [0.29, 0.717) is 8.26 Å². The fourth-order valence-electron chi connectivity index (χ4n) is 1.52. The molecule has 0 saturated carbocycles. The fraction of sp³-hybridized carbons (Fsp3) is 0.0833. The van der Waals surface area contributed by atoms with E-state index in [1.165, 1.54) is 24.3 Å². The smallest absolute Gasteiger partial charge is 0.288 e. The minimum atomic E-state index is -4.54. The van der Waals surface area contributed by atoms with E-state index in [-0.39, 0.29) is 10.4 Å². The van der Waals surface area contributed by atoms with Gasteiger partial charge < -0.3 is 0 Å². The standard InChI is InChI=1S/C12H5Br2F3OS/c13-8-5-9(19-11(8)14)10(18)6-3-1-2-4-7(6)12(15,16)17/h1-5H. The van der Waals surface area contributed by atoms with Crippen LogP contribution >= 0.6 is 43.2 Å². The molecule has 0 fully saturated rings. The van der Waals surface area contributed by atoms with Crippen molar-refractivity contribution in [2.45, 2.75) is 6.18 Å². The number of ketones is 1. The lowest BCUT2D eigenvalue weighted by Crippen LogP contribution is -2.12. The first-order chi connectivity index (χ1) is 8.80. The number of rotatable bonds is 2. The van der Waals surface area contributed by atoms with Gasteiger partial charge in [-0.15, -0.1) is 11.3 Å². The van der Waals surface area contributed by atoms with E-state index in [2.05, 4.69) is 31.9 Å². The molecule has 19 heavy (non-hydrogen) atoms. The van der Waals surface area contributed by atoms with E-state index in [4.69, 9.17) is 0 Å². The summed E-state index contributed by atoms with van der Waals surface area (Å²) in [5.74, 6) is -0.635. The van der Waals surface area contributed by atoms with Gasteiger partial charge in [-0.1, -0.05) is 18.2 Å². The Hall–Kier alpha value is -0.660. The van der Waals surface area contributed by atoms with Crippen LogP contribution in [0.15, 0.2) is 38.6 Å². The Morgan fingerprint density at radius 2 is 1.79 bits per heavy atom. The average Bonchev–Trinajstić information content (AvgIpc) is 2.68. The van der Waals surface area contributed by atoms with Crippen LogP contribution in [0.2, 0.25) is 0 Å². The predicted octanol–water partition coefficient (Wildman–Crippen LogP) is 5.52. The molecule has 100 valence electrons. The maximum absolute atomic E-state index is 12.8. The summed E-state index contributed by atoms with van der Waals surface area (Å²) in [5, 5.41) is 0. The van der Waals surface area contributed by atoms with E-state index in [9.17, 15) is 18.0 Å². The first-order valence-electron chi connectivity index (χ1n) is 4.96. The molecular weight excluding hydrogens is 409 g/mol. The van der Waals surface area contributed by atoms with Gasteiger partial charge in [0.1, 0.15) is 0 Å². The third kappa shape index (κ3) is 3.09. The van der Waals surface area contributed by atoms with Crippen LogP contribution in [0.4, 0.5) is 13.2 Å². The molecule has 0 amide bonds. The zero-order chi connectivity index (χ0) is 14.2. The molecule has 0 bridgehead atoms. The summed E-state index contributed by atoms with van der Waals surface area (Å²) in [6.07, 6.45) is -4.54.